The van der Waals surface area contributed by atoms with Gasteiger partial charge in [-0.15, -0.1) is 0 Å². The number of benzene rings is 2. The van der Waals surface area contributed by atoms with Crippen LogP contribution >= 0.6 is 0 Å². The Morgan fingerprint density at radius 2 is 1.39 bits per heavy atom. The molecule has 2 aromatic carbocycles. The van der Waals surface area contributed by atoms with Crippen LogP contribution in [0.25, 0.3) is 11.1 Å². The summed E-state index contributed by atoms with van der Waals surface area (Å²) in [7, 11) is -1.31. The molecule has 0 saturated heterocycles. The van der Waals surface area contributed by atoms with Gasteiger partial charge in [-0.1, -0.05) is 93.3 Å². The molecule has 2 aromatic rings. The first-order valence-corrected chi connectivity index (χ1v) is 11.9. The molecule has 0 amide bonds. The maximum atomic E-state index is 8.88. The Hall–Kier alpha value is -1.85. The molecule has 0 spiro atoms. The first-order valence-electron chi connectivity index (χ1n) is 8.68. The highest BCUT2D eigenvalue weighted by Gasteiger charge is 2.22. The van der Waals surface area contributed by atoms with Crippen LogP contribution in [0.15, 0.2) is 48.5 Å². The molecule has 0 fully saturated rings. The SMILES string of the molecule is CCCCCC[Si](C)(C)c1ccc(-c2ccc(C#N)cc2)cc1. The third kappa shape index (κ3) is 4.81. The van der Waals surface area contributed by atoms with Crippen LogP contribution in [-0.2, 0) is 0 Å². The normalized spacial score (nSPS) is 11.2. The van der Waals surface area contributed by atoms with Crippen LogP contribution in [0.1, 0.15) is 38.2 Å². The second-order valence-corrected chi connectivity index (χ2v) is 11.8. The van der Waals surface area contributed by atoms with E-state index < -0.39 is 8.07 Å². The van der Waals surface area contributed by atoms with Gasteiger partial charge in [0, 0.05) is 0 Å². The fraction of sp³-hybridized carbons (Fsp3) is 0.381. The molecule has 0 aliphatic rings. The van der Waals surface area contributed by atoms with Crippen LogP contribution in [-0.4, -0.2) is 8.07 Å². The van der Waals surface area contributed by atoms with Crippen LogP contribution < -0.4 is 5.19 Å². The van der Waals surface area contributed by atoms with Crippen molar-refractivity contribution in [2.75, 3.05) is 0 Å². The van der Waals surface area contributed by atoms with Gasteiger partial charge in [-0.2, -0.15) is 5.26 Å². The summed E-state index contributed by atoms with van der Waals surface area (Å²) in [6.07, 6.45) is 5.41. The van der Waals surface area contributed by atoms with Crippen LogP contribution in [0.2, 0.25) is 19.1 Å². The van der Waals surface area contributed by atoms with E-state index in [0.717, 1.165) is 0 Å². The average molecular weight is 322 g/mol. The molecular weight excluding hydrogens is 294 g/mol. The zero-order chi connectivity index (χ0) is 16.7. The Bertz CT molecular complexity index is 648. The Balaban J connectivity index is 2.07. The number of hydrogen-bond acceptors (Lipinski definition) is 1. The van der Waals surface area contributed by atoms with E-state index in [9.17, 15) is 0 Å². The Morgan fingerprint density at radius 3 is 1.91 bits per heavy atom. The largest absolute Gasteiger partial charge is 0.192 e. The molecule has 120 valence electrons. The minimum absolute atomic E-state index is 0.714. The summed E-state index contributed by atoms with van der Waals surface area (Å²) in [4.78, 5) is 0. The number of nitrogens with zero attached hydrogens (tertiary/aromatic N) is 1. The second kappa shape index (κ2) is 8.13. The Labute approximate surface area is 142 Å². The maximum Gasteiger partial charge on any atom is 0.0991 e. The highest BCUT2D eigenvalue weighted by molar-refractivity contribution is 6.89. The summed E-state index contributed by atoms with van der Waals surface area (Å²) in [6, 6.07) is 20.5. The van der Waals surface area contributed by atoms with E-state index in [-0.39, 0.29) is 0 Å². The van der Waals surface area contributed by atoms with E-state index in [1.165, 1.54) is 42.9 Å². The number of rotatable bonds is 7. The highest BCUT2D eigenvalue weighted by atomic mass is 28.3. The van der Waals surface area contributed by atoms with Crippen molar-refractivity contribution in [3.05, 3.63) is 54.1 Å². The lowest BCUT2D eigenvalue weighted by Gasteiger charge is -2.23. The van der Waals surface area contributed by atoms with Crippen molar-refractivity contribution in [1.82, 2.24) is 0 Å². The van der Waals surface area contributed by atoms with E-state index in [1.54, 1.807) is 5.19 Å². The molecule has 0 heterocycles. The third-order valence-corrected chi connectivity index (χ3v) is 8.17. The van der Waals surface area contributed by atoms with E-state index in [4.69, 9.17) is 5.26 Å². The Morgan fingerprint density at radius 1 is 0.826 bits per heavy atom. The van der Waals surface area contributed by atoms with Crippen molar-refractivity contribution in [3.63, 3.8) is 0 Å². The smallest absolute Gasteiger partial charge is 0.0991 e. The van der Waals surface area contributed by atoms with Crippen molar-refractivity contribution < 1.29 is 0 Å². The standard InChI is InChI=1S/C21H27NSi/c1-4-5-6-7-16-23(2,3)21-14-12-20(13-15-21)19-10-8-18(17-22)9-11-19/h8-15H,4-7,16H2,1-3H3. The molecule has 0 radical (unpaired) electrons. The Kier molecular flexibility index (Phi) is 6.18. The topological polar surface area (TPSA) is 23.8 Å². The molecule has 0 aromatic heterocycles. The van der Waals surface area contributed by atoms with Gasteiger partial charge in [-0.3, -0.25) is 0 Å². The van der Waals surface area contributed by atoms with E-state index in [1.807, 2.05) is 24.3 Å². The van der Waals surface area contributed by atoms with E-state index in [2.05, 4.69) is 50.4 Å². The van der Waals surface area contributed by atoms with Crippen LogP contribution in [0, 0.1) is 11.3 Å². The van der Waals surface area contributed by atoms with Gasteiger partial charge in [0.2, 0.25) is 0 Å². The van der Waals surface area contributed by atoms with Crippen molar-refractivity contribution in [2.24, 2.45) is 0 Å². The van der Waals surface area contributed by atoms with Gasteiger partial charge in [0.25, 0.3) is 0 Å². The molecule has 2 heteroatoms. The van der Waals surface area contributed by atoms with Crippen LogP contribution in [0.3, 0.4) is 0 Å². The molecular formula is C21H27NSi. The summed E-state index contributed by atoms with van der Waals surface area (Å²) < 4.78 is 0. The van der Waals surface area contributed by atoms with Gasteiger partial charge >= 0.3 is 0 Å². The lowest BCUT2D eigenvalue weighted by atomic mass is 10.0. The van der Waals surface area contributed by atoms with Crippen LogP contribution in [0.5, 0.6) is 0 Å². The van der Waals surface area contributed by atoms with E-state index in [0.29, 0.717) is 5.56 Å². The predicted molar refractivity (Wildman–Crippen MR) is 103 cm³/mol. The van der Waals surface area contributed by atoms with Crippen LogP contribution in [0.4, 0.5) is 0 Å². The quantitative estimate of drug-likeness (QED) is 0.472. The minimum Gasteiger partial charge on any atom is -0.192 e. The molecule has 0 unspecified atom stereocenters. The summed E-state index contributed by atoms with van der Waals surface area (Å²) in [5.74, 6) is 0. The molecule has 0 saturated carbocycles. The highest BCUT2D eigenvalue weighted by Crippen LogP contribution is 2.21. The number of hydrogen-bond donors (Lipinski definition) is 0. The maximum absolute atomic E-state index is 8.88. The number of unbranched alkanes of at least 4 members (excludes halogenated alkanes) is 3. The molecule has 0 aliphatic heterocycles. The second-order valence-electron chi connectivity index (χ2n) is 6.96. The van der Waals surface area contributed by atoms with Gasteiger partial charge in [-0.25, -0.2) is 0 Å². The fourth-order valence-electron chi connectivity index (χ4n) is 2.99. The van der Waals surface area contributed by atoms with Gasteiger partial charge in [-0.05, 0) is 23.3 Å². The molecule has 0 N–H and O–H groups in total. The first kappa shape index (κ1) is 17.5. The van der Waals surface area contributed by atoms with Gasteiger partial charge in [0.15, 0.2) is 0 Å². The molecule has 2 rings (SSSR count). The zero-order valence-corrected chi connectivity index (χ0v) is 15.6. The first-order chi connectivity index (χ1) is 11.1. The predicted octanol–water partition coefficient (Wildman–Crippen LogP) is 5.72. The average Bonchev–Trinajstić information content (AvgIpc) is 2.59. The monoisotopic (exact) mass is 321 g/mol. The lowest BCUT2D eigenvalue weighted by Crippen LogP contribution is -2.40. The minimum atomic E-state index is -1.31. The molecule has 0 aliphatic carbocycles. The van der Waals surface area contributed by atoms with E-state index >= 15 is 0 Å². The number of nitriles is 1. The van der Waals surface area contributed by atoms with Crippen molar-refractivity contribution >= 4 is 13.3 Å². The van der Waals surface area contributed by atoms with Crippen molar-refractivity contribution in [1.29, 1.82) is 5.26 Å². The third-order valence-electron chi connectivity index (χ3n) is 4.67. The van der Waals surface area contributed by atoms with Gasteiger partial charge in [0.1, 0.15) is 0 Å². The summed E-state index contributed by atoms with van der Waals surface area (Å²) in [6.45, 7) is 7.23. The van der Waals surface area contributed by atoms with Crippen molar-refractivity contribution in [3.8, 4) is 17.2 Å². The zero-order valence-electron chi connectivity index (χ0n) is 14.6. The summed E-state index contributed by atoms with van der Waals surface area (Å²) >= 11 is 0. The molecule has 1 nitrogen and oxygen atoms in total. The fourth-order valence-corrected chi connectivity index (χ4v) is 5.48. The summed E-state index contributed by atoms with van der Waals surface area (Å²) in [5.41, 5.74) is 3.12. The van der Waals surface area contributed by atoms with Gasteiger partial charge < -0.3 is 0 Å². The summed E-state index contributed by atoms with van der Waals surface area (Å²) in [5, 5.41) is 10.4. The molecule has 0 bridgehead atoms. The van der Waals surface area contributed by atoms with Gasteiger partial charge in [0.05, 0.1) is 19.7 Å². The molecule has 23 heavy (non-hydrogen) atoms. The lowest BCUT2D eigenvalue weighted by molar-refractivity contribution is 0.697. The molecule has 0 atom stereocenters. The van der Waals surface area contributed by atoms with Crippen molar-refractivity contribution in [2.45, 2.75) is 51.7 Å².